The number of carbonyl (C=O) groups is 1. The van der Waals surface area contributed by atoms with Crippen LogP contribution in [0.1, 0.15) is 16.1 Å². The average molecular weight is 259 g/mol. The number of aromatic nitrogens is 2. The normalized spacial score (nSPS) is 10.3. The van der Waals surface area contributed by atoms with E-state index in [0.29, 0.717) is 17.9 Å². The average Bonchev–Trinajstić information content (AvgIpc) is 2.83. The maximum atomic E-state index is 12.3. The van der Waals surface area contributed by atoms with Crippen LogP contribution in [-0.2, 0) is 13.6 Å². The van der Waals surface area contributed by atoms with Gasteiger partial charge < -0.3 is 9.64 Å². The van der Waals surface area contributed by atoms with Crippen LogP contribution >= 0.6 is 0 Å². The SMILES string of the molecule is COc1ccccc1C(=O)N(C)Cc1ccn(C)n1. The second-order valence-corrected chi connectivity index (χ2v) is 4.34. The smallest absolute Gasteiger partial charge is 0.257 e. The number of carbonyl (C=O) groups excluding carboxylic acids is 1. The number of para-hydroxylation sites is 1. The molecule has 0 aliphatic rings. The Morgan fingerprint density at radius 2 is 2.11 bits per heavy atom. The number of benzene rings is 1. The largest absolute Gasteiger partial charge is 0.496 e. The predicted octanol–water partition coefficient (Wildman–Crippen LogP) is 1.70. The van der Waals surface area contributed by atoms with Gasteiger partial charge >= 0.3 is 0 Å². The van der Waals surface area contributed by atoms with E-state index in [9.17, 15) is 4.79 Å². The molecule has 5 heteroatoms. The molecule has 0 saturated heterocycles. The van der Waals surface area contributed by atoms with E-state index in [0.717, 1.165) is 5.69 Å². The van der Waals surface area contributed by atoms with E-state index in [1.165, 1.54) is 0 Å². The zero-order valence-corrected chi connectivity index (χ0v) is 11.3. The van der Waals surface area contributed by atoms with Crippen molar-refractivity contribution in [2.24, 2.45) is 7.05 Å². The van der Waals surface area contributed by atoms with E-state index in [2.05, 4.69) is 5.10 Å². The summed E-state index contributed by atoms with van der Waals surface area (Å²) in [6.45, 7) is 0.470. The highest BCUT2D eigenvalue weighted by atomic mass is 16.5. The number of nitrogens with zero attached hydrogens (tertiary/aromatic N) is 3. The third-order valence-corrected chi connectivity index (χ3v) is 2.85. The van der Waals surface area contributed by atoms with Crippen molar-refractivity contribution in [3.8, 4) is 5.75 Å². The molecule has 100 valence electrons. The number of hydrogen-bond donors (Lipinski definition) is 0. The summed E-state index contributed by atoms with van der Waals surface area (Å²) in [5, 5.41) is 4.26. The van der Waals surface area contributed by atoms with Crippen molar-refractivity contribution in [2.75, 3.05) is 14.2 Å². The Bertz CT molecular complexity index is 578. The van der Waals surface area contributed by atoms with Crippen LogP contribution in [0.15, 0.2) is 36.5 Å². The molecule has 0 aliphatic heterocycles. The van der Waals surface area contributed by atoms with Crippen molar-refractivity contribution >= 4 is 5.91 Å². The Balaban J connectivity index is 2.14. The maximum Gasteiger partial charge on any atom is 0.257 e. The summed E-state index contributed by atoms with van der Waals surface area (Å²) in [7, 11) is 5.17. The minimum absolute atomic E-state index is 0.0805. The first kappa shape index (κ1) is 13.1. The minimum Gasteiger partial charge on any atom is -0.496 e. The molecule has 1 aromatic carbocycles. The van der Waals surface area contributed by atoms with E-state index in [4.69, 9.17) is 4.74 Å². The third-order valence-electron chi connectivity index (χ3n) is 2.85. The second kappa shape index (κ2) is 5.56. The van der Waals surface area contributed by atoms with Gasteiger partial charge in [0.15, 0.2) is 0 Å². The zero-order valence-electron chi connectivity index (χ0n) is 11.3. The summed E-state index contributed by atoms with van der Waals surface area (Å²) in [5.41, 5.74) is 1.41. The number of aryl methyl sites for hydroxylation is 1. The van der Waals surface area contributed by atoms with E-state index < -0.39 is 0 Å². The third kappa shape index (κ3) is 2.93. The van der Waals surface area contributed by atoms with Gasteiger partial charge in [0.2, 0.25) is 0 Å². The highest BCUT2D eigenvalue weighted by molar-refractivity contribution is 5.96. The lowest BCUT2D eigenvalue weighted by Crippen LogP contribution is -2.26. The number of amides is 1. The molecule has 0 radical (unpaired) electrons. The first-order valence-electron chi connectivity index (χ1n) is 5.99. The summed E-state index contributed by atoms with van der Waals surface area (Å²) >= 11 is 0. The fourth-order valence-electron chi connectivity index (χ4n) is 1.89. The van der Waals surface area contributed by atoms with Crippen LogP contribution in [0.25, 0.3) is 0 Å². The molecular weight excluding hydrogens is 242 g/mol. The Morgan fingerprint density at radius 3 is 2.74 bits per heavy atom. The summed E-state index contributed by atoms with van der Waals surface area (Å²) in [5.74, 6) is 0.503. The van der Waals surface area contributed by atoms with Gasteiger partial charge in [-0.05, 0) is 18.2 Å². The topological polar surface area (TPSA) is 47.4 Å². The van der Waals surface area contributed by atoms with Crippen LogP contribution in [0.3, 0.4) is 0 Å². The van der Waals surface area contributed by atoms with E-state index >= 15 is 0 Å². The Morgan fingerprint density at radius 1 is 1.37 bits per heavy atom. The highest BCUT2D eigenvalue weighted by Crippen LogP contribution is 2.19. The minimum atomic E-state index is -0.0805. The quantitative estimate of drug-likeness (QED) is 0.839. The summed E-state index contributed by atoms with van der Waals surface area (Å²) < 4.78 is 6.92. The molecule has 5 nitrogen and oxygen atoms in total. The molecule has 0 bridgehead atoms. The molecule has 0 N–H and O–H groups in total. The number of rotatable bonds is 4. The van der Waals surface area contributed by atoms with Gasteiger partial charge in [-0.15, -0.1) is 0 Å². The van der Waals surface area contributed by atoms with Gasteiger partial charge in [0.25, 0.3) is 5.91 Å². The Kier molecular flexibility index (Phi) is 3.85. The first-order valence-corrected chi connectivity index (χ1v) is 5.99. The van der Waals surface area contributed by atoms with Crippen LogP contribution in [0, 0.1) is 0 Å². The van der Waals surface area contributed by atoms with Crippen molar-refractivity contribution in [1.29, 1.82) is 0 Å². The maximum absolute atomic E-state index is 12.3. The molecule has 0 saturated carbocycles. The molecular formula is C14H17N3O2. The second-order valence-electron chi connectivity index (χ2n) is 4.34. The predicted molar refractivity (Wildman–Crippen MR) is 72.0 cm³/mol. The van der Waals surface area contributed by atoms with Crippen molar-refractivity contribution < 1.29 is 9.53 Å². The van der Waals surface area contributed by atoms with Crippen LogP contribution in [-0.4, -0.2) is 34.7 Å². The van der Waals surface area contributed by atoms with Crippen LogP contribution in [0.5, 0.6) is 5.75 Å². The Hall–Kier alpha value is -2.30. The van der Waals surface area contributed by atoms with Gasteiger partial charge in [-0.3, -0.25) is 9.48 Å². The molecule has 1 aromatic heterocycles. The highest BCUT2D eigenvalue weighted by Gasteiger charge is 2.16. The van der Waals surface area contributed by atoms with Gasteiger partial charge in [-0.2, -0.15) is 5.10 Å². The first-order chi connectivity index (χ1) is 9.11. The van der Waals surface area contributed by atoms with Gasteiger partial charge in [0, 0.05) is 20.3 Å². The van der Waals surface area contributed by atoms with Crippen molar-refractivity contribution in [3.05, 3.63) is 47.8 Å². The van der Waals surface area contributed by atoms with Crippen LogP contribution in [0.2, 0.25) is 0 Å². The molecule has 0 unspecified atom stereocenters. The molecule has 0 aliphatic carbocycles. The molecule has 0 spiro atoms. The molecule has 0 fully saturated rings. The number of methoxy groups -OCH3 is 1. The molecule has 0 atom stereocenters. The summed E-state index contributed by atoms with van der Waals surface area (Å²) in [6, 6.07) is 9.10. The van der Waals surface area contributed by atoms with Gasteiger partial charge in [0.1, 0.15) is 5.75 Å². The fraction of sp³-hybridized carbons (Fsp3) is 0.286. The molecule has 2 rings (SSSR count). The van der Waals surface area contributed by atoms with E-state index in [1.54, 1.807) is 35.9 Å². The molecule has 2 aromatic rings. The van der Waals surface area contributed by atoms with Crippen molar-refractivity contribution in [1.82, 2.24) is 14.7 Å². The zero-order chi connectivity index (χ0) is 13.8. The number of ether oxygens (including phenoxy) is 1. The monoisotopic (exact) mass is 259 g/mol. The molecule has 19 heavy (non-hydrogen) atoms. The van der Waals surface area contributed by atoms with Crippen LogP contribution < -0.4 is 4.74 Å². The lowest BCUT2D eigenvalue weighted by atomic mass is 10.1. The van der Waals surface area contributed by atoms with Crippen LogP contribution in [0.4, 0.5) is 0 Å². The summed E-state index contributed by atoms with van der Waals surface area (Å²) in [6.07, 6.45) is 1.86. The van der Waals surface area contributed by atoms with Gasteiger partial charge in [-0.25, -0.2) is 0 Å². The Labute approximate surface area is 112 Å². The fourth-order valence-corrected chi connectivity index (χ4v) is 1.89. The van der Waals surface area contributed by atoms with E-state index in [-0.39, 0.29) is 5.91 Å². The lowest BCUT2D eigenvalue weighted by molar-refractivity contribution is 0.0780. The lowest BCUT2D eigenvalue weighted by Gasteiger charge is -2.17. The molecule has 1 heterocycles. The standard InChI is InChI=1S/C14H17N3O2/c1-16(10-11-8-9-17(2)15-11)14(18)12-6-4-5-7-13(12)19-3/h4-9H,10H2,1-3H3. The van der Waals surface area contributed by atoms with Crippen molar-refractivity contribution in [3.63, 3.8) is 0 Å². The van der Waals surface area contributed by atoms with Gasteiger partial charge in [0.05, 0.1) is 24.9 Å². The summed E-state index contributed by atoms with van der Waals surface area (Å²) in [4.78, 5) is 14.0. The molecule has 1 amide bonds. The van der Waals surface area contributed by atoms with Crippen molar-refractivity contribution in [2.45, 2.75) is 6.54 Å². The van der Waals surface area contributed by atoms with E-state index in [1.807, 2.05) is 31.4 Å². The van der Waals surface area contributed by atoms with Gasteiger partial charge in [-0.1, -0.05) is 12.1 Å². The number of hydrogen-bond acceptors (Lipinski definition) is 3.